The highest BCUT2D eigenvalue weighted by atomic mass is 32.2. The number of nitrogens with one attached hydrogen (secondary N) is 1. The van der Waals surface area contributed by atoms with Gasteiger partial charge in [0.05, 0.1) is 13.2 Å². The average Bonchev–Trinajstić information content (AvgIpc) is 2.66. The molecule has 1 N–H and O–H groups in total. The average molecular weight is 286 g/mol. The van der Waals surface area contributed by atoms with E-state index in [1.807, 2.05) is 11.8 Å². The van der Waals surface area contributed by atoms with E-state index < -0.39 is 0 Å². The van der Waals surface area contributed by atoms with Gasteiger partial charge in [-0.2, -0.15) is 11.8 Å². The molecule has 19 heavy (non-hydrogen) atoms. The lowest BCUT2D eigenvalue weighted by molar-refractivity contribution is -0.132. The van der Waals surface area contributed by atoms with Gasteiger partial charge >= 0.3 is 0 Å². The molecule has 0 aliphatic carbocycles. The zero-order valence-corrected chi connectivity index (χ0v) is 12.7. The van der Waals surface area contributed by atoms with Crippen molar-refractivity contribution in [1.82, 2.24) is 10.2 Å². The molecule has 5 heteroatoms. The molecule has 0 radical (unpaired) electrons. The Kier molecular flexibility index (Phi) is 6.47. The third kappa shape index (κ3) is 4.97. The van der Waals surface area contributed by atoms with Crippen molar-refractivity contribution in [2.45, 2.75) is 43.9 Å². The summed E-state index contributed by atoms with van der Waals surface area (Å²) >= 11 is 2.00. The van der Waals surface area contributed by atoms with E-state index in [4.69, 9.17) is 4.74 Å². The lowest BCUT2D eigenvalue weighted by Gasteiger charge is -2.28. The predicted octanol–water partition coefficient (Wildman–Crippen LogP) is 1.50. The molecule has 4 nitrogen and oxygen atoms in total. The van der Waals surface area contributed by atoms with Gasteiger partial charge in [0.25, 0.3) is 0 Å². The molecule has 0 spiro atoms. The molecule has 1 amide bonds. The normalized spacial score (nSPS) is 29.0. The van der Waals surface area contributed by atoms with Gasteiger partial charge in [-0.15, -0.1) is 0 Å². The molecule has 0 aromatic rings. The molecule has 2 aliphatic heterocycles. The molecule has 2 heterocycles. The zero-order valence-electron chi connectivity index (χ0n) is 11.9. The van der Waals surface area contributed by atoms with Gasteiger partial charge in [-0.05, 0) is 18.6 Å². The molecule has 2 atom stereocenters. The summed E-state index contributed by atoms with van der Waals surface area (Å²) in [6, 6.07) is 0.210. The lowest BCUT2D eigenvalue weighted by Crippen LogP contribution is -2.46. The second-order valence-electron chi connectivity index (χ2n) is 5.34. The van der Waals surface area contributed by atoms with E-state index in [9.17, 15) is 4.79 Å². The van der Waals surface area contributed by atoms with Gasteiger partial charge in [0.1, 0.15) is 0 Å². The fourth-order valence-corrected chi connectivity index (χ4v) is 3.88. The van der Waals surface area contributed by atoms with E-state index in [0.29, 0.717) is 24.2 Å². The second kappa shape index (κ2) is 8.12. The van der Waals surface area contributed by atoms with E-state index in [-0.39, 0.29) is 6.04 Å². The van der Waals surface area contributed by atoms with Crippen LogP contribution in [0.3, 0.4) is 0 Å². The first-order valence-corrected chi connectivity index (χ1v) is 8.55. The van der Waals surface area contributed by atoms with Crippen LogP contribution in [0.1, 0.15) is 32.6 Å². The Hall–Kier alpha value is -0.260. The monoisotopic (exact) mass is 286 g/mol. The maximum atomic E-state index is 12.4. The van der Waals surface area contributed by atoms with Crippen molar-refractivity contribution in [2.75, 3.05) is 38.6 Å². The summed E-state index contributed by atoms with van der Waals surface area (Å²) in [5, 5.41) is 3.99. The van der Waals surface area contributed by atoms with Gasteiger partial charge < -0.3 is 15.0 Å². The smallest absolute Gasteiger partial charge is 0.224 e. The number of ether oxygens (including phenoxy) is 1. The molecule has 0 aromatic heterocycles. The molecule has 0 aromatic carbocycles. The summed E-state index contributed by atoms with van der Waals surface area (Å²) in [6.07, 6.45) is 4.25. The number of thioether (sulfide) groups is 1. The van der Waals surface area contributed by atoms with E-state index in [0.717, 1.165) is 38.4 Å². The van der Waals surface area contributed by atoms with Crippen molar-refractivity contribution in [3.8, 4) is 0 Å². The first kappa shape index (κ1) is 15.1. The van der Waals surface area contributed by atoms with Crippen LogP contribution in [0.4, 0.5) is 0 Å². The number of amides is 1. The standard InChI is InChI=1S/C14H26N2O2S/c1-2-19-13-5-3-4-7-16(10-13)14(17)9-12-11-18-8-6-15-12/h12-13,15H,2-11H2,1H3. The Morgan fingerprint density at radius 2 is 2.37 bits per heavy atom. The largest absolute Gasteiger partial charge is 0.378 e. The van der Waals surface area contributed by atoms with Crippen LogP contribution in [0, 0.1) is 0 Å². The van der Waals surface area contributed by atoms with E-state index in [2.05, 4.69) is 17.1 Å². The summed E-state index contributed by atoms with van der Waals surface area (Å²) in [5.74, 6) is 1.44. The van der Waals surface area contributed by atoms with E-state index in [1.54, 1.807) is 0 Å². The number of carbonyl (C=O) groups excluding carboxylic acids is 1. The van der Waals surface area contributed by atoms with Gasteiger partial charge in [-0.25, -0.2) is 0 Å². The van der Waals surface area contributed by atoms with Crippen molar-refractivity contribution in [1.29, 1.82) is 0 Å². The molecule has 2 fully saturated rings. The van der Waals surface area contributed by atoms with Crippen molar-refractivity contribution >= 4 is 17.7 Å². The number of nitrogens with zero attached hydrogens (tertiary/aromatic N) is 1. The van der Waals surface area contributed by atoms with Gasteiger partial charge in [0.15, 0.2) is 0 Å². The van der Waals surface area contributed by atoms with Crippen LogP contribution in [0.5, 0.6) is 0 Å². The van der Waals surface area contributed by atoms with Crippen LogP contribution in [-0.2, 0) is 9.53 Å². The molecule has 2 rings (SSSR count). The Balaban J connectivity index is 1.81. The summed E-state index contributed by atoms with van der Waals surface area (Å²) in [4.78, 5) is 14.5. The number of hydrogen-bond donors (Lipinski definition) is 1. The Morgan fingerprint density at radius 1 is 1.47 bits per heavy atom. The van der Waals surface area contributed by atoms with Crippen molar-refractivity contribution in [3.05, 3.63) is 0 Å². The number of rotatable bonds is 4. The maximum absolute atomic E-state index is 12.4. The summed E-state index contributed by atoms with van der Waals surface area (Å²) in [7, 11) is 0. The minimum Gasteiger partial charge on any atom is -0.378 e. The topological polar surface area (TPSA) is 41.6 Å². The Morgan fingerprint density at radius 3 is 3.11 bits per heavy atom. The van der Waals surface area contributed by atoms with Crippen LogP contribution in [-0.4, -0.2) is 60.7 Å². The van der Waals surface area contributed by atoms with Crippen molar-refractivity contribution < 1.29 is 9.53 Å². The fourth-order valence-electron chi connectivity index (χ4n) is 2.79. The van der Waals surface area contributed by atoms with E-state index >= 15 is 0 Å². The predicted molar refractivity (Wildman–Crippen MR) is 79.6 cm³/mol. The molecule has 0 saturated carbocycles. The Bertz CT molecular complexity index is 283. The molecule has 0 bridgehead atoms. The van der Waals surface area contributed by atoms with Crippen LogP contribution < -0.4 is 5.32 Å². The molecule has 2 saturated heterocycles. The molecule has 2 unspecified atom stereocenters. The number of hydrogen-bond acceptors (Lipinski definition) is 4. The van der Waals surface area contributed by atoms with Gasteiger partial charge in [0.2, 0.25) is 5.91 Å². The summed E-state index contributed by atoms with van der Waals surface area (Å²) in [6.45, 7) is 6.38. The number of likely N-dealkylation sites (tertiary alicyclic amines) is 1. The van der Waals surface area contributed by atoms with Crippen LogP contribution in [0.25, 0.3) is 0 Å². The van der Waals surface area contributed by atoms with E-state index in [1.165, 1.54) is 12.8 Å². The first-order valence-electron chi connectivity index (χ1n) is 7.50. The highest BCUT2D eigenvalue weighted by molar-refractivity contribution is 7.99. The second-order valence-corrected chi connectivity index (χ2v) is 6.92. The van der Waals surface area contributed by atoms with Crippen molar-refractivity contribution in [3.63, 3.8) is 0 Å². The minimum absolute atomic E-state index is 0.210. The van der Waals surface area contributed by atoms with Crippen molar-refractivity contribution in [2.24, 2.45) is 0 Å². The zero-order chi connectivity index (χ0) is 13.5. The van der Waals surface area contributed by atoms with Crippen LogP contribution in [0.15, 0.2) is 0 Å². The van der Waals surface area contributed by atoms with Crippen LogP contribution >= 0.6 is 11.8 Å². The summed E-state index contributed by atoms with van der Waals surface area (Å²) in [5.41, 5.74) is 0. The summed E-state index contributed by atoms with van der Waals surface area (Å²) < 4.78 is 5.42. The fraction of sp³-hybridized carbons (Fsp3) is 0.929. The van der Waals surface area contributed by atoms with Crippen LogP contribution in [0.2, 0.25) is 0 Å². The molecule has 110 valence electrons. The van der Waals surface area contributed by atoms with Gasteiger partial charge in [0, 0.05) is 37.3 Å². The third-order valence-corrected chi connectivity index (χ3v) is 4.99. The number of carbonyl (C=O) groups is 1. The number of morpholine rings is 1. The maximum Gasteiger partial charge on any atom is 0.224 e. The molecular weight excluding hydrogens is 260 g/mol. The highest BCUT2D eigenvalue weighted by Crippen LogP contribution is 2.22. The third-order valence-electron chi connectivity index (χ3n) is 3.80. The Labute approximate surface area is 120 Å². The molecule has 2 aliphatic rings. The van der Waals surface area contributed by atoms with Gasteiger partial charge in [-0.3, -0.25) is 4.79 Å². The first-order chi connectivity index (χ1) is 9.29. The SMILES string of the molecule is CCSC1CCCCN(C(=O)CC2COCCN2)C1. The highest BCUT2D eigenvalue weighted by Gasteiger charge is 2.24. The van der Waals surface area contributed by atoms with Gasteiger partial charge in [-0.1, -0.05) is 13.3 Å². The lowest BCUT2D eigenvalue weighted by atomic mass is 10.1. The quantitative estimate of drug-likeness (QED) is 0.850. The minimum atomic E-state index is 0.210. The molecular formula is C14H26N2O2S.